The summed E-state index contributed by atoms with van der Waals surface area (Å²) >= 11 is 0. The maximum atomic E-state index is 5.97. The lowest BCUT2D eigenvalue weighted by Crippen LogP contribution is -2.36. The van der Waals surface area contributed by atoms with Gasteiger partial charge in [-0.1, -0.05) is 32.0 Å². The van der Waals surface area contributed by atoms with E-state index in [0.29, 0.717) is 13.1 Å². The van der Waals surface area contributed by atoms with Crippen molar-refractivity contribution in [2.45, 2.75) is 46.7 Å². The van der Waals surface area contributed by atoms with Crippen LogP contribution in [0.5, 0.6) is 0 Å². The van der Waals surface area contributed by atoms with Gasteiger partial charge in [-0.3, -0.25) is 9.67 Å². The van der Waals surface area contributed by atoms with Crippen LogP contribution in [0.3, 0.4) is 0 Å². The third-order valence-corrected chi connectivity index (χ3v) is 5.04. The zero-order chi connectivity index (χ0) is 19.4. The summed E-state index contributed by atoms with van der Waals surface area (Å²) in [5.41, 5.74) is 5.77. The highest BCUT2D eigenvalue weighted by atomic mass is 127. The van der Waals surface area contributed by atoms with E-state index in [1.807, 2.05) is 29.9 Å². The Balaban J connectivity index is 0.00000280. The molecule has 0 bridgehead atoms. The molecule has 3 aromatic rings. The number of furan rings is 1. The molecule has 28 heavy (non-hydrogen) atoms. The fourth-order valence-corrected chi connectivity index (χ4v) is 3.54. The van der Waals surface area contributed by atoms with Crippen molar-refractivity contribution in [3.8, 4) is 0 Å². The van der Waals surface area contributed by atoms with Gasteiger partial charge in [0.25, 0.3) is 0 Å². The molecule has 7 heteroatoms. The summed E-state index contributed by atoms with van der Waals surface area (Å²) in [6, 6.07) is 8.12. The second-order valence-electron chi connectivity index (χ2n) is 6.63. The van der Waals surface area contributed by atoms with Gasteiger partial charge in [0.05, 0.1) is 12.2 Å². The van der Waals surface area contributed by atoms with E-state index in [-0.39, 0.29) is 24.0 Å². The largest absolute Gasteiger partial charge is 0.459 e. The number of guanidine groups is 1. The minimum atomic E-state index is 0. The number of para-hydroxylation sites is 1. The number of hydrogen-bond donors (Lipinski definition) is 2. The molecule has 2 heterocycles. The SMILES string of the molecule is CCc1nn(C)c(CC)c1CNC(=NC)NCc1oc2ccccc2c1C.I. The summed E-state index contributed by atoms with van der Waals surface area (Å²) in [6.07, 6.45) is 1.89. The number of halogens is 1. The highest BCUT2D eigenvalue weighted by Gasteiger charge is 2.14. The minimum Gasteiger partial charge on any atom is -0.459 e. The van der Waals surface area contributed by atoms with Gasteiger partial charge in [-0.15, -0.1) is 24.0 Å². The van der Waals surface area contributed by atoms with Crippen LogP contribution in [0.25, 0.3) is 11.0 Å². The Kier molecular flexibility index (Phi) is 7.91. The first kappa shape index (κ1) is 22.3. The number of aryl methyl sites for hydroxylation is 3. The topological polar surface area (TPSA) is 67.4 Å². The van der Waals surface area contributed by atoms with E-state index in [2.05, 4.69) is 47.6 Å². The first-order valence-corrected chi connectivity index (χ1v) is 9.54. The van der Waals surface area contributed by atoms with E-state index < -0.39 is 0 Å². The van der Waals surface area contributed by atoms with Crippen LogP contribution in [0.2, 0.25) is 0 Å². The molecule has 2 N–H and O–H groups in total. The number of nitrogens with one attached hydrogen (secondary N) is 2. The van der Waals surface area contributed by atoms with Gasteiger partial charge >= 0.3 is 0 Å². The average Bonchev–Trinajstić information content (AvgIpc) is 3.18. The standard InChI is InChI=1S/C21H29N5O.HI/c1-6-17-16(18(7-2)26(5)25-17)12-23-21(22-4)24-13-20-14(3)15-10-8-9-11-19(15)27-20;/h8-11H,6-7,12-13H2,1-5H3,(H2,22,23,24);1H. The van der Waals surface area contributed by atoms with Gasteiger partial charge in [0.1, 0.15) is 11.3 Å². The fourth-order valence-electron chi connectivity index (χ4n) is 3.54. The number of aliphatic imine (C=N–C) groups is 1. The van der Waals surface area contributed by atoms with Crippen LogP contribution in [0, 0.1) is 6.92 Å². The molecule has 0 atom stereocenters. The molecule has 0 aliphatic heterocycles. The second-order valence-corrected chi connectivity index (χ2v) is 6.63. The first-order chi connectivity index (χ1) is 13.1. The Morgan fingerprint density at radius 2 is 1.86 bits per heavy atom. The quantitative estimate of drug-likeness (QED) is 0.307. The van der Waals surface area contributed by atoms with E-state index in [4.69, 9.17) is 4.42 Å². The molecule has 1 aromatic carbocycles. The molecule has 0 aliphatic carbocycles. The summed E-state index contributed by atoms with van der Waals surface area (Å²) in [7, 11) is 3.80. The van der Waals surface area contributed by atoms with Crippen LogP contribution in [-0.2, 0) is 33.0 Å². The lowest BCUT2D eigenvalue weighted by atomic mass is 10.1. The van der Waals surface area contributed by atoms with E-state index >= 15 is 0 Å². The van der Waals surface area contributed by atoms with Gasteiger partial charge in [0, 0.05) is 42.8 Å². The number of hydrogen-bond acceptors (Lipinski definition) is 3. The summed E-state index contributed by atoms with van der Waals surface area (Å²) < 4.78 is 7.96. The molecule has 3 rings (SSSR count). The van der Waals surface area contributed by atoms with E-state index in [1.165, 1.54) is 16.8 Å². The van der Waals surface area contributed by atoms with Crippen molar-refractivity contribution in [2.75, 3.05) is 7.05 Å². The molecule has 0 radical (unpaired) electrons. The van der Waals surface area contributed by atoms with Crippen LogP contribution in [0.15, 0.2) is 33.7 Å². The van der Waals surface area contributed by atoms with Gasteiger partial charge in [-0.25, -0.2) is 0 Å². The minimum absolute atomic E-state index is 0. The maximum Gasteiger partial charge on any atom is 0.191 e. The van der Waals surface area contributed by atoms with Crippen molar-refractivity contribution >= 4 is 40.9 Å². The van der Waals surface area contributed by atoms with Gasteiger partial charge in [0.15, 0.2) is 5.96 Å². The number of rotatable bonds is 6. The molecular formula is C21H30IN5O. The monoisotopic (exact) mass is 495 g/mol. The molecule has 0 aliphatic rings. The summed E-state index contributed by atoms with van der Waals surface area (Å²) in [5.74, 6) is 1.69. The molecule has 0 spiro atoms. The Morgan fingerprint density at radius 3 is 2.50 bits per heavy atom. The van der Waals surface area contributed by atoms with E-state index in [9.17, 15) is 0 Å². The lowest BCUT2D eigenvalue weighted by Gasteiger charge is -2.12. The number of nitrogens with zero attached hydrogens (tertiary/aromatic N) is 3. The summed E-state index contributed by atoms with van der Waals surface area (Å²) in [6.45, 7) is 7.70. The average molecular weight is 495 g/mol. The van der Waals surface area contributed by atoms with Gasteiger partial charge in [-0.2, -0.15) is 5.10 Å². The molecule has 0 unspecified atom stereocenters. The predicted octanol–water partition coefficient (Wildman–Crippen LogP) is 4.08. The van der Waals surface area contributed by atoms with Crippen molar-refractivity contribution in [1.29, 1.82) is 0 Å². The van der Waals surface area contributed by atoms with Crippen LogP contribution < -0.4 is 10.6 Å². The zero-order valence-electron chi connectivity index (χ0n) is 17.3. The van der Waals surface area contributed by atoms with Crippen molar-refractivity contribution in [3.63, 3.8) is 0 Å². The number of fused-ring (bicyclic) bond motifs is 1. The molecule has 152 valence electrons. The number of aromatic nitrogens is 2. The van der Waals surface area contributed by atoms with Crippen LogP contribution in [-0.4, -0.2) is 22.8 Å². The van der Waals surface area contributed by atoms with Crippen LogP contribution in [0.4, 0.5) is 0 Å². The van der Waals surface area contributed by atoms with E-state index in [1.54, 1.807) is 7.05 Å². The lowest BCUT2D eigenvalue weighted by molar-refractivity contribution is 0.534. The zero-order valence-corrected chi connectivity index (χ0v) is 19.6. The van der Waals surface area contributed by atoms with Crippen molar-refractivity contribution < 1.29 is 4.42 Å². The van der Waals surface area contributed by atoms with Gasteiger partial charge < -0.3 is 15.1 Å². The molecular weight excluding hydrogens is 465 g/mol. The van der Waals surface area contributed by atoms with Crippen LogP contribution in [0.1, 0.15) is 42.1 Å². The highest BCUT2D eigenvalue weighted by molar-refractivity contribution is 14.0. The molecule has 0 amide bonds. The maximum absolute atomic E-state index is 5.97. The predicted molar refractivity (Wildman–Crippen MR) is 125 cm³/mol. The number of benzene rings is 1. The Hall–Kier alpha value is -2.03. The highest BCUT2D eigenvalue weighted by Crippen LogP contribution is 2.24. The van der Waals surface area contributed by atoms with Gasteiger partial charge in [-0.05, 0) is 25.8 Å². The summed E-state index contributed by atoms with van der Waals surface area (Å²) in [4.78, 5) is 4.35. The molecule has 0 saturated heterocycles. The molecule has 0 fully saturated rings. The van der Waals surface area contributed by atoms with Crippen molar-refractivity contribution in [2.24, 2.45) is 12.0 Å². The fraction of sp³-hybridized carbons (Fsp3) is 0.429. The molecule has 2 aromatic heterocycles. The Bertz CT molecular complexity index is 957. The molecule has 6 nitrogen and oxygen atoms in total. The van der Waals surface area contributed by atoms with Crippen molar-refractivity contribution in [3.05, 3.63) is 52.5 Å². The third kappa shape index (κ3) is 4.51. The Morgan fingerprint density at radius 1 is 1.14 bits per heavy atom. The van der Waals surface area contributed by atoms with Crippen molar-refractivity contribution in [1.82, 2.24) is 20.4 Å². The second kappa shape index (κ2) is 9.95. The third-order valence-electron chi connectivity index (χ3n) is 5.04. The summed E-state index contributed by atoms with van der Waals surface area (Å²) in [5, 5.41) is 12.6. The smallest absolute Gasteiger partial charge is 0.191 e. The molecule has 0 saturated carbocycles. The first-order valence-electron chi connectivity index (χ1n) is 9.54. The van der Waals surface area contributed by atoms with E-state index in [0.717, 1.165) is 41.2 Å². The van der Waals surface area contributed by atoms with Crippen LogP contribution >= 0.6 is 24.0 Å². The normalized spacial score (nSPS) is 11.5. The Labute approximate surface area is 183 Å². The van der Waals surface area contributed by atoms with Gasteiger partial charge in [0.2, 0.25) is 0 Å².